The van der Waals surface area contributed by atoms with Gasteiger partial charge in [-0.05, 0) is 12.2 Å². The molecule has 1 fully saturated rings. The summed E-state index contributed by atoms with van der Waals surface area (Å²) in [6, 6.07) is 0. The number of thioether (sulfide) groups is 1. The summed E-state index contributed by atoms with van der Waals surface area (Å²) in [6.45, 7) is 4.92. The first-order chi connectivity index (χ1) is 7.65. The first-order valence-electron chi connectivity index (χ1n) is 5.74. The van der Waals surface area contributed by atoms with Crippen LogP contribution in [-0.2, 0) is 9.53 Å². The van der Waals surface area contributed by atoms with E-state index in [0.717, 1.165) is 5.75 Å². The first-order valence-corrected chi connectivity index (χ1v) is 6.78. The Morgan fingerprint density at radius 2 is 2.38 bits per heavy atom. The summed E-state index contributed by atoms with van der Waals surface area (Å²) >= 11 is 1.79. The summed E-state index contributed by atoms with van der Waals surface area (Å²) < 4.78 is 4.73. The Balaban J connectivity index is 2.25. The number of carbonyl (C=O) groups excluding carboxylic acids is 2. The lowest BCUT2D eigenvalue weighted by atomic mass is 10.3. The van der Waals surface area contributed by atoms with Gasteiger partial charge in [-0.3, -0.25) is 4.79 Å². The maximum absolute atomic E-state index is 11.7. The van der Waals surface area contributed by atoms with Crippen molar-refractivity contribution in [3.8, 4) is 0 Å². The fraction of sp³-hybridized carbons (Fsp3) is 0.818. The Kier molecular flexibility index (Phi) is 5.66. The van der Waals surface area contributed by atoms with Crippen LogP contribution in [0.1, 0.15) is 33.1 Å². The monoisotopic (exact) mass is 245 g/mol. The summed E-state index contributed by atoms with van der Waals surface area (Å²) in [5, 5.41) is 0.271. The van der Waals surface area contributed by atoms with Crippen LogP contribution in [0.15, 0.2) is 0 Å². The molecule has 0 bridgehead atoms. The third kappa shape index (κ3) is 4.04. The number of hydrogen-bond acceptors (Lipinski definition) is 4. The number of hydrogen-bond donors (Lipinski definition) is 0. The normalized spacial score (nSPS) is 17.4. The summed E-state index contributed by atoms with van der Waals surface area (Å²) in [5.74, 6) is 0.967. The molecule has 0 unspecified atom stereocenters. The minimum absolute atomic E-state index is 0.112. The molecule has 1 aliphatic heterocycles. The molecule has 1 saturated heterocycles. The number of ether oxygens (including phenoxy) is 1. The van der Waals surface area contributed by atoms with Gasteiger partial charge >= 0.3 is 6.09 Å². The molecule has 0 radical (unpaired) electrons. The maximum atomic E-state index is 11.7. The summed E-state index contributed by atoms with van der Waals surface area (Å²) in [4.78, 5) is 24.0. The lowest BCUT2D eigenvalue weighted by Crippen LogP contribution is -2.33. The van der Waals surface area contributed by atoms with Gasteiger partial charge in [-0.15, -0.1) is 0 Å². The zero-order valence-corrected chi connectivity index (χ0v) is 10.7. The van der Waals surface area contributed by atoms with Gasteiger partial charge in [0.1, 0.15) is 6.61 Å². The molecule has 0 aliphatic carbocycles. The molecule has 1 heterocycles. The second-order valence-electron chi connectivity index (χ2n) is 3.90. The van der Waals surface area contributed by atoms with Crippen molar-refractivity contribution in [2.45, 2.75) is 38.4 Å². The molecule has 5 heteroatoms. The van der Waals surface area contributed by atoms with Crippen molar-refractivity contribution >= 4 is 23.8 Å². The molecule has 2 amide bonds. The van der Waals surface area contributed by atoms with E-state index in [1.54, 1.807) is 11.8 Å². The van der Waals surface area contributed by atoms with Gasteiger partial charge in [-0.25, -0.2) is 9.69 Å². The van der Waals surface area contributed by atoms with E-state index in [9.17, 15) is 9.59 Å². The van der Waals surface area contributed by atoms with E-state index in [-0.39, 0.29) is 11.2 Å². The highest BCUT2D eigenvalue weighted by Gasteiger charge is 2.28. The van der Waals surface area contributed by atoms with Crippen molar-refractivity contribution < 1.29 is 14.3 Å². The van der Waals surface area contributed by atoms with Crippen molar-refractivity contribution in [1.82, 2.24) is 4.90 Å². The van der Waals surface area contributed by atoms with Crippen LogP contribution in [0.2, 0.25) is 0 Å². The molecule has 92 valence electrons. The van der Waals surface area contributed by atoms with E-state index in [4.69, 9.17) is 4.74 Å². The lowest BCUT2D eigenvalue weighted by Gasteiger charge is -2.14. The van der Waals surface area contributed by atoms with Crippen LogP contribution in [0, 0.1) is 0 Å². The van der Waals surface area contributed by atoms with Crippen LogP contribution in [0.25, 0.3) is 0 Å². The van der Waals surface area contributed by atoms with E-state index in [2.05, 4.69) is 6.92 Å². The number of carbonyl (C=O) groups is 2. The summed E-state index contributed by atoms with van der Waals surface area (Å²) in [5.41, 5.74) is 0. The van der Waals surface area contributed by atoms with Gasteiger partial charge in [0.25, 0.3) is 0 Å². The molecule has 0 aromatic heterocycles. The topological polar surface area (TPSA) is 46.6 Å². The molecular formula is C11H19NO3S. The van der Waals surface area contributed by atoms with Crippen LogP contribution in [0.5, 0.6) is 0 Å². The minimum atomic E-state index is -0.490. The van der Waals surface area contributed by atoms with E-state index in [0.29, 0.717) is 19.6 Å². The Morgan fingerprint density at radius 1 is 1.62 bits per heavy atom. The Labute approximate surface area is 101 Å². The van der Waals surface area contributed by atoms with Gasteiger partial charge in [0.2, 0.25) is 5.91 Å². The Bertz CT molecular complexity index is 258. The van der Waals surface area contributed by atoms with E-state index in [1.807, 2.05) is 6.92 Å². The largest absolute Gasteiger partial charge is 0.447 e. The van der Waals surface area contributed by atoms with Gasteiger partial charge in [0.15, 0.2) is 0 Å². The van der Waals surface area contributed by atoms with Gasteiger partial charge in [-0.2, -0.15) is 11.8 Å². The highest BCUT2D eigenvalue weighted by Crippen LogP contribution is 2.18. The van der Waals surface area contributed by atoms with E-state index in [1.165, 1.54) is 17.7 Å². The van der Waals surface area contributed by atoms with Gasteiger partial charge in [0, 0.05) is 11.7 Å². The minimum Gasteiger partial charge on any atom is -0.447 e. The highest BCUT2D eigenvalue weighted by molar-refractivity contribution is 7.99. The predicted molar refractivity (Wildman–Crippen MR) is 64.5 cm³/mol. The van der Waals surface area contributed by atoms with Crippen LogP contribution >= 0.6 is 11.8 Å². The van der Waals surface area contributed by atoms with Gasteiger partial charge < -0.3 is 4.74 Å². The van der Waals surface area contributed by atoms with E-state index < -0.39 is 6.09 Å². The Morgan fingerprint density at radius 3 is 2.94 bits per heavy atom. The lowest BCUT2D eigenvalue weighted by molar-refractivity contribution is -0.127. The second kappa shape index (κ2) is 6.78. The maximum Gasteiger partial charge on any atom is 0.416 e. The molecule has 1 atom stereocenters. The van der Waals surface area contributed by atoms with Crippen molar-refractivity contribution in [2.75, 3.05) is 18.9 Å². The highest BCUT2D eigenvalue weighted by atomic mass is 32.2. The van der Waals surface area contributed by atoms with Crippen molar-refractivity contribution in [3.63, 3.8) is 0 Å². The number of imide groups is 1. The molecule has 1 rings (SSSR count). The molecule has 0 aromatic carbocycles. The number of unbranched alkanes of at least 4 members (excludes halogenated alkanes) is 1. The fourth-order valence-electron chi connectivity index (χ4n) is 1.46. The predicted octanol–water partition coefficient (Wildman–Crippen LogP) is 2.28. The summed E-state index contributed by atoms with van der Waals surface area (Å²) in [7, 11) is 0. The van der Waals surface area contributed by atoms with Crippen LogP contribution in [0.3, 0.4) is 0 Å². The molecule has 0 saturated carbocycles. The third-order valence-electron chi connectivity index (χ3n) is 2.42. The zero-order chi connectivity index (χ0) is 12.0. The first kappa shape index (κ1) is 13.4. The summed E-state index contributed by atoms with van der Waals surface area (Å²) in [6.07, 6.45) is 2.28. The zero-order valence-electron chi connectivity index (χ0n) is 9.90. The smallest absolute Gasteiger partial charge is 0.416 e. The van der Waals surface area contributed by atoms with Crippen molar-refractivity contribution in [3.05, 3.63) is 0 Å². The number of rotatable bonds is 6. The number of amides is 2. The van der Waals surface area contributed by atoms with Gasteiger partial charge in [0.05, 0.1) is 6.54 Å². The van der Waals surface area contributed by atoms with Crippen molar-refractivity contribution in [1.29, 1.82) is 0 Å². The Hall–Kier alpha value is -0.710. The molecule has 0 N–H and O–H groups in total. The molecular weight excluding hydrogens is 226 g/mol. The average molecular weight is 245 g/mol. The van der Waals surface area contributed by atoms with Crippen LogP contribution < -0.4 is 0 Å². The third-order valence-corrected chi connectivity index (χ3v) is 3.68. The standard InChI is InChI=1S/C11H19NO3S/c1-3-4-7-16-9(2)8-10(13)12-5-6-15-11(12)14/h9H,3-8H2,1-2H3/t9-/m1/s1. The molecule has 0 spiro atoms. The molecule has 0 aromatic rings. The van der Waals surface area contributed by atoms with Crippen LogP contribution in [-0.4, -0.2) is 41.1 Å². The fourth-order valence-corrected chi connectivity index (χ4v) is 2.58. The van der Waals surface area contributed by atoms with Crippen LogP contribution in [0.4, 0.5) is 4.79 Å². The van der Waals surface area contributed by atoms with E-state index >= 15 is 0 Å². The average Bonchev–Trinajstić information content (AvgIpc) is 2.65. The van der Waals surface area contributed by atoms with Gasteiger partial charge in [-0.1, -0.05) is 20.3 Å². The quantitative estimate of drug-likeness (QED) is 0.673. The molecule has 1 aliphatic rings. The second-order valence-corrected chi connectivity index (χ2v) is 5.45. The van der Waals surface area contributed by atoms with Crippen molar-refractivity contribution in [2.24, 2.45) is 0 Å². The molecule has 16 heavy (non-hydrogen) atoms. The molecule has 4 nitrogen and oxygen atoms in total. The SMILES string of the molecule is CCCCS[C@H](C)CC(=O)N1CCOC1=O. The number of nitrogens with zero attached hydrogens (tertiary/aromatic N) is 1. The number of cyclic esters (lactones) is 1.